The summed E-state index contributed by atoms with van der Waals surface area (Å²) in [6.45, 7) is 3.15. The molecule has 0 aliphatic heterocycles. The molecule has 2 N–H and O–H groups in total. The Morgan fingerprint density at radius 3 is 1.19 bits per heavy atom. The van der Waals surface area contributed by atoms with E-state index in [0.29, 0.717) is 0 Å². The zero-order chi connectivity index (χ0) is 11.2. The van der Waals surface area contributed by atoms with Crippen LogP contribution in [0.4, 0.5) is 0 Å². The molecular formula is C14H32NNa. The van der Waals surface area contributed by atoms with Gasteiger partial charge in [-0.05, 0) is 13.0 Å². The first-order valence-corrected chi connectivity index (χ1v) is 7.12. The molecule has 0 saturated carbocycles. The average molecular weight is 237 g/mol. The van der Waals surface area contributed by atoms with Crippen LogP contribution in [0.2, 0.25) is 0 Å². The Bertz CT molecular complexity index is 94.9. The van der Waals surface area contributed by atoms with Crippen molar-refractivity contribution < 1.29 is 0 Å². The fraction of sp³-hybridized carbons (Fsp3) is 1.00. The number of hydrogen-bond donors (Lipinski definition) is 1. The van der Waals surface area contributed by atoms with Gasteiger partial charge in [0.1, 0.15) is 0 Å². The molecule has 0 aliphatic carbocycles. The van der Waals surface area contributed by atoms with Crippen molar-refractivity contribution in [3.63, 3.8) is 0 Å². The fourth-order valence-corrected chi connectivity index (χ4v) is 1.99. The summed E-state index contributed by atoms with van der Waals surface area (Å²) >= 11 is 0. The molecule has 0 spiro atoms. The van der Waals surface area contributed by atoms with Gasteiger partial charge in [-0.15, -0.1) is 0 Å². The van der Waals surface area contributed by atoms with E-state index in [4.69, 9.17) is 5.73 Å². The monoisotopic (exact) mass is 237 g/mol. The van der Waals surface area contributed by atoms with Crippen LogP contribution in [0.3, 0.4) is 0 Å². The third-order valence-electron chi connectivity index (χ3n) is 3.06. The van der Waals surface area contributed by atoms with Crippen LogP contribution in [0.15, 0.2) is 0 Å². The van der Waals surface area contributed by atoms with E-state index in [1.165, 1.54) is 77.0 Å². The Morgan fingerprint density at radius 2 is 0.875 bits per heavy atom. The van der Waals surface area contributed by atoms with Crippen LogP contribution < -0.4 is 5.73 Å². The molecule has 2 heteroatoms. The summed E-state index contributed by atoms with van der Waals surface area (Å²) in [7, 11) is 0. The molecule has 0 aliphatic rings. The molecule has 0 unspecified atom stereocenters. The fourth-order valence-electron chi connectivity index (χ4n) is 1.99. The second-order valence-corrected chi connectivity index (χ2v) is 4.68. The van der Waals surface area contributed by atoms with Gasteiger partial charge in [0.2, 0.25) is 0 Å². The van der Waals surface area contributed by atoms with Gasteiger partial charge < -0.3 is 5.73 Å². The molecule has 0 rings (SSSR count). The summed E-state index contributed by atoms with van der Waals surface area (Å²) < 4.78 is 0. The van der Waals surface area contributed by atoms with E-state index in [0.717, 1.165) is 6.54 Å². The number of nitrogens with two attached hydrogens (primary N) is 1. The Morgan fingerprint density at radius 1 is 0.562 bits per heavy atom. The summed E-state index contributed by atoms with van der Waals surface area (Å²) in [5.74, 6) is 0. The molecule has 16 heavy (non-hydrogen) atoms. The Labute approximate surface area is 125 Å². The van der Waals surface area contributed by atoms with E-state index in [1.54, 1.807) is 0 Å². The molecule has 0 aromatic rings. The first-order chi connectivity index (χ1) is 7.41. The predicted molar refractivity (Wildman–Crippen MR) is 77.3 cm³/mol. The van der Waals surface area contributed by atoms with E-state index in [1.807, 2.05) is 0 Å². The Balaban J connectivity index is 0. The van der Waals surface area contributed by atoms with E-state index in [2.05, 4.69) is 6.92 Å². The summed E-state index contributed by atoms with van der Waals surface area (Å²) in [6.07, 6.45) is 16.9. The second-order valence-electron chi connectivity index (χ2n) is 4.68. The zero-order valence-corrected chi connectivity index (χ0v) is 10.8. The standard InChI is InChI=1S/C14H31N.Na.H/c1-2-3-4-5-6-7-8-9-10-11-12-13-14-15;;/h2-15H2,1H3;;. The molecule has 0 radical (unpaired) electrons. The van der Waals surface area contributed by atoms with Crippen LogP contribution in [0.25, 0.3) is 0 Å². The van der Waals surface area contributed by atoms with Gasteiger partial charge in [-0.1, -0.05) is 77.6 Å². The first-order valence-electron chi connectivity index (χ1n) is 7.12. The van der Waals surface area contributed by atoms with Gasteiger partial charge in [-0.25, -0.2) is 0 Å². The van der Waals surface area contributed by atoms with E-state index < -0.39 is 0 Å². The van der Waals surface area contributed by atoms with Gasteiger partial charge in [0, 0.05) is 0 Å². The summed E-state index contributed by atoms with van der Waals surface area (Å²) in [4.78, 5) is 0. The van der Waals surface area contributed by atoms with Gasteiger partial charge >= 0.3 is 29.6 Å². The van der Waals surface area contributed by atoms with Crippen LogP contribution in [-0.2, 0) is 0 Å². The molecule has 0 heterocycles. The van der Waals surface area contributed by atoms with Crippen molar-refractivity contribution in [1.29, 1.82) is 0 Å². The van der Waals surface area contributed by atoms with Gasteiger partial charge in [0.15, 0.2) is 0 Å². The average Bonchev–Trinajstić information content (AvgIpc) is 2.26. The van der Waals surface area contributed by atoms with Gasteiger partial charge in [0.05, 0.1) is 0 Å². The molecule has 0 amide bonds. The quantitative estimate of drug-likeness (QED) is 0.403. The number of hydrogen-bond acceptors (Lipinski definition) is 1. The SMILES string of the molecule is CCCCCCCCCCCCCCN.[NaH]. The van der Waals surface area contributed by atoms with Gasteiger partial charge in [-0.3, -0.25) is 0 Å². The van der Waals surface area contributed by atoms with Crippen LogP contribution in [-0.4, -0.2) is 36.1 Å². The topological polar surface area (TPSA) is 26.0 Å². The summed E-state index contributed by atoms with van der Waals surface area (Å²) in [6, 6.07) is 0. The van der Waals surface area contributed by atoms with Crippen molar-refractivity contribution >= 4 is 29.6 Å². The normalized spacial score (nSPS) is 10.1. The molecule has 0 fully saturated rings. The van der Waals surface area contributed by atoms with Crippen molar-refractivity contribution in [2.75, 3.05) is 6.54 Å². The van der Waals surface area contributed by atoms with Crippen LogP contribution in [0.1, 0.15) is 84.0 Å². The molecule has 0 saturated heterocycles. The molecule has 0 atom stereocenters. The summed E-state index contributed by atoms with van der Waals surface area (Å²) in [5, 5.41) is 0. The van der Waals surface area contributed by atoms with Gasteiger partial charge in [0.25, 0.3) is 0 Å². The minimum atomic E-state index is 0. The van der Waals surface area contributed by atoms with E-state index in [-0.39, 0.29) is 29.6 Å². The van der Waals surface area contributed by atoms with E-state index in [9.17, 15) is 0 Å². The van der Waals surface area contributed by atoms with Crippen molar-refractivity contribution in [3.8, 4) is 0 Å². The maximum absolute atomic E-state index is 5.45. The number of unbranched alkanes of at least 4 members (excludes halogenated alkanes) is 11. The first kappa shape index (κ1) is 19.3. The van der Waals surface area contributed by atoms with Crippen molar-refractivity contribution in [1.82, 2.24) is 0 Å². The Kier molecular flexibility index (Phi) is 22.1. The zero-order valence-electron chi connectivity index (χ0n) is 10.8. The van der Waals surface area contributed by atoms with Crippen molar-refractivity contribution in [3.05, 3.63) is 0 Å². The Hall–Kier alpha value is 0.960. The molecule has 0 aromatic heterocycles. The number of rotatable bonds is 12. The minimum absolute atomic E-state index is 0. The molecule has 94 valence electrons. The maximum atomic E-state index is 5.45. The van der Waals surface area contributed by atoms with Crippen LogP contribution >= 0.6 is 0 Å². The van der Waals surface area contributed by atoms with E-state index >= 15 is 0 Å². The van der Waals surface area contributed by atoms with Gasteiger partial charge in [-0.2, -0.15) is 0 Å². The summed E-state index contributed by atoms with van der Waals surface area (Å²) in [5.41, 5.74) is 5.45. The molecule has 0 bridgehead atoms. The third kappa shape index (κ3) is 17.4. The molecular weight excluding hydrogens is 205 g/mol. The molecule has 0 aromatic carbocycles. The van der Waals surface area contributed by atoms with Crippen molar-refractivity contribution in [2.24, 2.45) is 5.73 Å². The van der Waals surface area contributed by atoms with Crippen LogP contribution in [0.5, 0.6) is 0 Å². The third-order valence-corrected chi connectivity index (χ3v) is 3.06. The van der Waals surface area contributed by atoms with Crippen molar-refractivity contribution in [2.45, 2.75) is 84.0 Å². The predicted octanol–water partition coefficient (Wildman–Crippen LogP) is 4.00. The molecule has 1 nitrogen and oxygen atoms in total. The second kappa shape index (κ2) is 18.3. The van der Waals surface area contributed by atoms with Crippen LogP contribution in [0, 0.1) is 0 Å².